The maximum Gasteiger partial charge on any atom is 0.246 e. The van der Waals surface area contributed by atoms with Gasteiger partial charge < -0.3 is 24.1 Å². The summed E-state index contributed by atoms with van der Waals surface area (Å²) in [5.41, 5.74) is 2.22. The lowest BCUT2D eigenvalue weighted by molar-refractivity contribution is -0.126. The minimum Gasteiger partial charge on any atom is -0.497 e. The number of halogens is 1. The van der Waals surface area contributed by atoms with Crippen LogP contribution in [0.25, 0.3) is 11.3 Å². The normalized spacial score (nSPS) is 10.6. The zero-order valence-electron chi connectivity index (χ0n) is 16.8. The molecule has 3 aromatic rings. The van der Waals surface area contributed by atoms with Crippen LogP contribution >= 0.6 is 0 Å². The minimum atomic E-state index is -0.321. The number of hydrogen-bond donors (Lipinski definition) is 1. The molecule has 7 nitrogen and oxygen atoms in total. The molecule has 0 aliphatic rings. The molecule has 1 aromatic heterocycles. The lowest BCUT2D eigenvalue weighted by atomic mass is 10.1. The first-order valence-electron chi connectivity index (χ1n) is 9.36. The highest BCUT2D eigenvalue weighted by Crippen LogP contribution is 2.24. The standard InChI is InChI=1S/C22H23FN2O5/c1-27-19-8-5-16(20(12-19)28-2)9-10-24-22(26)14-29-13-18-11-21(30-25-18)15-3-6-17(23)7-4-15/h3-8,11-12H,9-10,13-14H2,1-2H3,(H,24,26). The van der Waals surface area contributed by atoms with Crippen molar-refractivity contribution in [3.63, 3.8) is 0 Å². The molecule has 1 heterocycles. The van der Waals surface area contributed by atoms with E-state index < -0.39 is 0 Å². The Morgan fingerprint density at radius 3 is 2.63 bits per heavy atom. The number of nitrogens with zero attached hydrogens (tertiary/aromatic N) is 1. The molecule has 1 N–H and O–H groups in total. The number of carbonyl (C=O) groups is 1. The number of methoxy groups -OCH3 is 2. The van der Waals surface area contributed by atoms with Gasteiger partial charge in [-0.3, -0.25) is 4.79 Å². The lowest BCUT2D eigenvalue weighted by Gasteiger charge is -2.11. The Kier molecular flexibility index (Phi) is 7.40. The average molecular weight is 414 g/mol. The summed E-state index contributed by atoms with van der Waals surface area (Å²) in [6, 6.07) is 13.2. The largest absolute Gasteiger partial charge is 0.497 e. The van der Waals surface area contributed by atoms with Gasteiger partial charge in [0.25, 0.3) is 0 Å². The molecule has 2 aromatic carbocycles. The summed E-state index contributed by atoms with van der Waals surface area (Å²) in [6.45, 7) is 0.479. The molecule has 0 radical (unpaired) electrons. The molecule has 0 unspecified atom stereocenters. The quantitative estimate of drug-likeness (QED) is 0.548. The van der Waals surface area contributed by atoms with Crippen molar-refractivity contribution in [3.05, 3.63) is 65.6 Å². The highest BCUT2D eigenvalue weighted by Gasteiger charge is 2.09. The van der Waals surface area contributed by atoms with E-state index in [9.17, 15) is 9.18 Å². The van der Waals surface area contributed by atoms with Crippen molar-refractivity contribution in [1.82, 2.24) is 10.5 Å². The summed E-state index contributed by atoms with van der Waals surface area (Å²) in [7, 11) is 3.19. The first kappa shape index (κ1) is 21.3. The lowest BCUT2D eigenvalue weighted by Crippen LogP contribution is -2.29. The van der Waals surface area contributed by atoms with Crippen molar-refractivity contribution in [2.75, 3.05) is 27.4 Å². The molecule has 0 aliphatic heterocycles. The topological polar surface area (TPSA) is 82.8 Å². The SMILES string of the molecule is COc1ccc(CCNC(=O)COCc2cc(-c3ccc(F)cc3)on2)c(OC)c1. The van der Waals surface area contributed by atoms with Crippen molar-refractivity contribution < 1.29 is 27.9 Å². The number of rotatable bonds is 10. The molecule has 8 heteroatoms. The zero-order valence-corrected chi connectivity index (χ0v) is 16.8. The monoisotopic (exact) mass is 414 g/mol. The van der Waals surface area contributed by atoms with Gasteiger partial charge in [-0.2, -0.15) is 0 Å². The third-order valence-electron chi connectivity index (χ3n) is 4.38. The van der Waals surface area contributed by atoms with Crippen molar-refractivity contribution in [1.29, 1.82) is 0 Å². The number of benzene rings is 2. The van der Waals surface area contributed by atoms with E-state index in [1.807, 2.05) is 12.1 Å². The van der Waals surface area contributed by atoms with Gasteiger partial charge >= 0.3 is 0 Å². The smallest absolute Gasteiger partial charge is 0.246 e. The molecular formula is C22H23FN2O5. The maximum absolute atomic E-state index is 13.0. The molecule has 0 saturated heterocycles. The summed E-state index contributed by atoms with van der Waals surface area (Å²) >= 11 is 0. The average Bonchev–Trinajstić information content (AvgIpc) is 3.23. The van der Waals surface area contributed by atoms with Crippen molar-refractivity contribution in [2.24, 2.45) is 0 Å². The van der Waals surface area contributed by atoms with Crippen LogP contribution in [0.5, 0.6) is 11.5 Å². The number of aromatic nitrogens is 1. The zero-order chi connectivity index (χ0) is 21.3. The van der Waals surface area contributed by atoms with E-state index in [0.29, 0.717) is 41.5 Å². The first-order valence-corrected chi connectivity index (χ1v) is 9.36. The van der Waals surface area contributed by atoms with E-state index in [0.717, 1.165) is 5.56 Å². The molecule has 0 spiro atoms. The van der Waals surface area contributed by atoms with Crippen LogP contribution in [0.4, 0.5) is 4.39 Å². The van der Waals surface area contributed by atoms with Gasteiger partial charge in [0.1, 0.15) is 29.6 Å². The molecule has 0 atom stereocenters. The van der Waals surface area contributed by atoms with Gasteiger partial charge in [0.05, 0.1) is 20.8 Å². The predicted molar refractivity (Wildman–Crippen MR) is 108 cm³/mol. The van der Waals surface area contributed by atoms with Crippen LogP contribution in [0.2, 0.25) is 0 Å². The van der Waals surface area contributed by atoms with Gasteiger partial charge in [0.2, 0.25) is 5.91 Å². The molecular weight excluding hydrogens is 391 g/mol. The first-order chi connectivity index (χ1) is 14.6. The van der Waals surface area contributed by atoms with Gasteiger partial charge in [-0.15, -0.1) is 0 Å². The fourth-order valence-corrected chi connectivity index (χ4v) is 2.82. The second-order valence-corrected chi connectivity index (χ2v) is 6.46. The minimum absolute atomic E-state index is 0.0987. The molecule has 1 amide bonds. The van der Waals surface area contributed by atoms with Gasteiger partial charge in [0, 0.05) is 24.2 Å². The molecule has 0 aliphatic carbocycles. The van der Waals surface area contributed by atoms with E-state index in [1.165, 1.54) is 12.1 Å². The van der Waals surface area contributed by atoms with E-state index in [4.69, 9.17) is 18.7 Å². The van der Waals surface area contributed by atoms with Crippen molar-refractivity contribution in [2.45, 2.75) is 13.0 Å². The molecule has 0 saturated carbocycles. The van der Waals surface area contributed by atoms with Gasteiger partial charge in [-0.05, 0) is 42.3 Å². The van der Waals surface area contributed by atoms with Gasteiger partial charge in [-0.1, -0.05) is 11.2 Å². The molecule has 0 fully saturated rings. The number of nitrogens with one attached hydrogen (secondary N) is 1. The highest BCUT2D eigenvalue weighted by atomic mass is 19.1. The Bertz CT molecular complexity index is 972. The molecule has 158 valence electrons. The van der Waals surface area contributed by atoms with Gasteiger partial charge in [0.15, 0.2) is 5.76 Å². The number of hydrogen-bond acceptors (Lipinski definition) is 6. The van der Waals surface area contributed by atoms with Crippen LogP contribution < -0.4 is 14.8 Å². The van der Waals surface area contributed by atoms with E-state index >= 15 is 0 Å². The van der Waals surface area contributed by atoms with Gasteiger partial charge in [-0.25, -0.2) is 4.39 Å². The summed E-state index contributed by atoms with van der Waals surface area (Å²) in [5.74, 6) is 1.38. The summed E-state index contributed by atoms with van der Waals surface area (Å²) in [6.07, 6.45) is 0.614. The van der Waals surface area contributed by atoms with E-state index in [-0.39, 0.29) is 24.9 Å². The van der Waals surface area contributed by atoms with Crippen LogP contribution in [0.3, 0.4) is 0 Å². The van der Waals surface area contributed by atoms with Crippen LogP contribution in [-0.4, -0.2) is 38.4 Å². The second kappa shape index (κ2) is 10.4. The summed E-state index contributed by atoms with van der Waals surface area (Å²) < 4.78 is 34.1. The Balaban J connectivity index is 1.40. The molecule has 0 bridgehead atoms. The predicted octanol–water partition coefficient (Wildman–Crippen LogP) is 3.37. The molecule has 3 rings (SSSR count). The van der Waals surface area contributed by atoms with Crippen LogP contribution in [-0.2, 0) is 22.6 Å². The van der Waals surface area contributed by atoms with Crippen LogP contribution in [0.15, 0.2) is 53.1 Å². The summed E-state index contributed by atoms with van der Waals surface area (Å²) in [5, 5.41) is 6.70. The van der Waals surface area contributed by atoms with Crippen LogP contribution in [0, 0.1) is 5.82 Å². The van der Waals surface area contributed by atoms with Crippen molar-refractivity contribution >= 4 is 5.91 Å². The fourth-order valence-electron chi connectivity index (χ4n) is 2.82. The van der Waals surface area contributed by atoms with Crippen molar-refractivity contribution in [3.8, 4) is 22.8 Å². The molecule has 30 heavy (non-hydrogen) atoms. The van der Waals surface area contributed by atoms with Crippen LogP contribution in [0.1, 0.15) is 11.3 Å². The third-order valence-corrected chi connectivity index (χ3v) is 4.38. The number of amides is 1. The Morgan fingerprint density at radius 1 is 1.10 bits per heavy atom. The second-order valence-electron chi connectivity index (χ2n) is 6.46. The number of ether oxygens (including phenoxy) is 3. The highest BCUT2D eigenvalue weighted by molar-refractivity contribution is 5.77. The fraction of sp³-hybridized carbons (Fsp3) is 0.273. The third kappa shape index (κ3) is 5.81. The summed E-state index contributed by atoms with van der Waals surface area (Å²) in [4.78, 5) is 12.0. The Labute approximate surface area is 173 Å². The number of carbonyl (C=O) groups excluding carboxylic acids is 1. The van der Waals surface area contributed by atoms with E-state index in [1.54, 1.807) is 38.5 Å². The Morgan fingerprint density at radius 2 is 1.90 bits per heavy atom. The Hall–Kier alpha value is -3.39. The maximum atomic E-state index is 13.0. The van der Waals surface area contributed by atoms with E-state index in [2.05, 4.69) is 10.5 Å².